The Hall–Kier alpha value is -4.17. The second-order valence-corrected chi connectivity index (χ2v) is 11.7. The molecule has 4 aromatic rings. The molecule has 1 aliphatic heterocycles. The van der Waals surface area contributed by atoms with Crippen LogP contribution in [0, 0.1) is 12.7 Å². The minimum atomic E-state index is -1.01. The van der Waals surface area contributed by atoms with Crippen molar-refractivity contribution in [3.8, 4) is 10.8 Å². The lowest BCUT2D eigenvalue weighted by Gasteiger charge is -2.29. The van der Waals surface area contributed by atoms with Gasteiger partial charge in [-0.1, -0.05) is 11.3 Å². The number of carbonyl (C=O) groups is 2. The molecule has 3 aromatic heterocycles. The van der Waals surface area contributed by atoms with Gasteiger partial charge in [0.25, 0.3) is 5.56 Å². The maximum atomic E-state index is 14.4. The molecule has 1 saturated carbocycles. The Morgan fingerprint density at radius 1 is 1.12 bits per heavy atom. The van der Waals surface area contributed by atoms with Crippen LogP contribution < -0.4 is 11.2 Å². The Labute approximate surface area is 242 Å². The van der Waals surface area contributed by atoms with Gasteiger partial charge in [0.1, 0.15) is 39.3 Å². The van der Waals surface area contributed by atoms with Crippen LogP contribution in [0.1, 0.15) is 55.4 Å². The molecule has 1 aromatic carbocycles. The number of fused-ring (bicyclic) bond motifs is 1. The van der Waals surface area contributed by atoms with Crippen LogP contribution in [0.2, 0.25) is 0 Å². The number of hydrogen-bond donors (Lipinski definition) is 1. The summed E-state index contributed by atoms with van der Waals surface area (Å²) in [6.07, 6.45) is 3.46. The van der Waals surface area contributed by atoms with Crippen LogP contribution in [0.4, 0.5) is 4.39 Å². The van der Waals surface area contributed by atoms with Gasteiger partial charge in [-0.25, -0.2) is 13.8 Å². The maximum Gasteiger partial charge on any atom is 0.332 e. The Morgan fingerprint density at radius 3 is 2.50 bits per heavy atom. The monoisotopic (exact) mass is 596 g/mol. The summed E-state index contributed by atoms with van der Waals surface area (Å²) in [7, 11) is 1.62. The molecule has 0 radical (unpaired) electrons. The SMILES string of the molecule is Cc1c(-n2nccn2)sc2c1c(=O)n([C@H]1CCN(C)C1=O)c(=O)n2C[C@H](OC1CCC(=O)CC1)c1cc(F)ccc1O. The maximum absolute atomic E-state index is 14.4. The summed E-state index contributed by atoms with van der Waals surface area (Å²) in [6, 6.07) is 2.51. The van der Waals surface area contributed by atoms with Crippen molar-refractivity contribution in [3.63, 3.8) is 0 Å². The number of ketones is 1. The number of ether oxygens (including phenoxy) is 1. The van der Waals surface area contributed by atoms with Crippen LogP contribution in [0.5, 0.6) is 5.75 Å². The minimum absolute atomic E-state index is 0.128. The highest BCUT2D eigenvalue weighted by atomic mass is 32.1. The summed E-state index contributed by atoms with van der Waals surface area (Å²) in [4.78, 5) is 56.1. The van der Waals surface area contributed by atoms with Gasteiger partial charge in [0, 0.05) is 37.6 Å². The van der Waals surface area contributed by atoms with Crippen molar-refractivity contribution in [2.24, 2.45) is 0 Å². The second-order valence-electron chi connectivity index (χ2n) is 10.7. The van der Waals surface area contributed by atoms with Gasteiger partial charge in [0.05, 0.1) is 30.4 Å². The number of likely N-dealkylation sites (tertiary alicyclic amines) is 1. The first-order valence-corrected chi connectivity index (χ1v) is 14.5. The van der Waals surface area contributed by atoms with E-state index in [1.165, 1.54) is 32.7 Å². The Balaban J connectivity index is 1.55. The molecule has 0 bridgehead atoms. The summed E-state index contributed by atoms with van der Waals surface area (Å²) in [5, 5.41) is 19.9. The lowest BCUT2D eigenvalue weighted by Crippen LogP contribution is -2.45. The number of aromatic hydroxyl groups is 1. The van der Waals surface area contributed by atoms with Gasteiger partial charge in [-0.2, -0.15) is 10.2 Å². The van der Waals surface area contributed by atoms with Gasteiger partial charge in [0.15, 0.2) is 0 Å². The molecule has 14 heteroatoms. The molecule has 1 aliphatic carbocycles. The number of nitrogens with zero attached hydrogens (tertiary/aromatic N) is 6. The van der Waals surface area contributed by atoms with Crippen molar-refractivity contribution in [3.05, 3.63) is 68.4 Å². The third-order valence-electron chi connectivity index (χ3n) is 8.06. The van der Waals surface area contributed by atoms with E-state index in [-0.39, 0.29) is 47.5 Å². The first kappa shape index (κ1) is 28.0. The molecule has 2 atom stereocenters. The number of thiophene rings is 1. The zero-order chi connectivity index (χ0) is 29.7. The van der Waals surface area contributed by atoms with E-state index < -0.39 is 29.2 Å². The highest BCUT2D eigenvalue weighted by Gasteiger charge is 2.36. The van der Waals surface area contributed by atoms with Crippen molar-refractivity contribution >= 4 is 33.2 Å². The van der Waals surface area contributed by atoms with E-state index in [1.54, 1.807) is 14.0 Å². The Morgan fingerprint density at radius 2 is 1.83 bits per heavy atom. The van der Waals surface area contributed by atoms with Crippen molar-refractivity contribution in [2.75, 3.05) is 13.6 Å². The number of hydrogen-bond acceptors (Lipinski definition) is 9. The second kappa shape index (κ2) is 10.9. The van der Waals surface area contributed by atoms with Gasteiger partial charge in [-0.05, 0) is 44.4 Å². The fourth-order valence-electron chi connectivity index (χ4n) is 5.79. The summed E-state index contributed by atoms with van der Waals surface area (Å²) in [6.45, 7) is 1.92. The Bertz CT molecular complexity index is 1800. The van der Waals surface area contributed by atoms with Crippen molar-refractivity contribution in [2.45, 2.75) is 63.8 Å². The van der Waals surface area contributed by atoms with Crippen LogP contribution >= 0.6 is 11.3 Å². The number of phenolic OH excluding ortho intramolecular Hbond substituents is 1. The molecular formula is C28H29FN6O6S. The molecule has 1 amide bonds. The molecule has 220 valence electrons. The number of amides is 1. The number of aromatic nitrogens is 5. The zero-order valence-corrected chi connectivity index (χ0v) is 23.8. The molecule has 6 rings (SSSR count). The highest BCUT2D eigenvalue weighted by Crippen LogP contribution is 2.36. The molecular weight excluding hydrogens is 567 g/mol. The number of Topliss-reactive ketones (excluding diaryl/α,β-unsaturated/α-hetero) is 1. The topological polar surface area (TPSA) is 142 Å². The summed E-state index contributed by atoms with van der Waals surface area (Å²) in [5.41, 5.74) is -0.646. The predicted molar refractivity (Wildman–Crippen MR) is 150 cm³/mol. The van der Waals surface area contributed by atoms with Gasteiger partial charge in [-0.15, -0.1) is 4.80 Å². The number of aryl methyl sites for hydroxylation is 1. The molecule has 2 fully saturated rings. The van der Waals surface area contributed by atoms with E-state index in [2.05, 4.69) is 10.2 Å². The highest BCUT2D eigenvalue weighted by molar-refractivity contribution is 7.21. The van der Waals surface area contributed by atoms with E-state index in [4.69, 9.17) is 4.74 Å². The molecule has 42 heavy (non-hydrogen) atoms. The van der Waals surface area contributed by atoms with Crippen LogP contribution in [0.25, 0.3) is 15.2 Å². The first-order valence-electron chi connectivity index (χ1n) is 13.7. The van der Waals surface area contributed by atoms with E-state index in [1.807, 2.05) is 0 Å². The van der Waals surface area contributed by atoms with Crippen LogP contribution in [0.15, 0.2) is 40.2 Å². The minimum Gasteiger partial charge on any atom is -0.508 e. The third kappa shape index (κ3) is 4.83. The number of likely N-dealkylation sites (N-methyl/N-ethyl adjacent to an activating group) is 1. The number of benzene rings is 1. The number of halogens is 1. The van der Waals surface area contributed by atoms with Crippen molar-refractivity contribution < 1.29 is 23.8 Å². The average molecular weight is 597 g/mol. The quantitative estimate of drug-likeness (QED) is 0.343. The average Bonchev–Trinajstić information content (AvgIpc) is 3.69. The van der Waals surface area contributed by atoms with Crippen LogP contribution in [-0.2, 0) is 20.9 Å². The summed E-state index contributed by atoms with van der Waals surface area (Å²) >= 11 is 1.14. The molecule has 1 N–H and O–H groups in total. The number of rotatable bonds is 7. The van der Waals surface area contributed by atoms with Gasteiger partial charge in [-0.3, -0.25) is 19.0 Å². The van der Waals surface area contributed by atoms with Gasteiger partial charge < -0.3 is 14.7 Å². The normalized spacial score (nSPS) is 18.8. The van der Waals surface area contributed by atoms with Gasteiger partial charge in [0.2, 0.25) is 5.91 Å². The third-order valence-corrected chi connectivity index (χ3v) is 9.34. The number of phenols is 1. The van der Waals surface area contributed by atoms with E-state index >= 15 is 0 Å². The van der Waals surface area contributed by atoms with E-state index in [9.17, 15) is 28.7 Å². The molecule has 2 aliphatic rings. The van der Waals surface area contributed by atoms with Gasteiger partial charge >= 0.3 is 5.69 Å². The standard InChI is InChI=1S/C28H29FN6O6S/c1-15-23-25(39)34(20-9-12-32(2)24(20)38)28(40)33(27(23)42-26(15)35-30-10-11-31-35)14-22(19-13-16(29)3-8-21(19)37)41-18-6-4-17(36)5-7-18/h3,8,10-11,13,18,20,22,37H,4-7,9,12,14H2,1-2H3/t20-,22-/m0/s1. The van der Waals surface area contributed by atoms with Crippen LogP contribution in [-0.4, -0.2) is 65.5 Å². The lowest BCUT2D eigenvalue weighted by atomic mass is 9.96. The molecule has 0 spiro atoms. The van der Waals surface area contributed by atoms with E-state index in [0.29, 0.717) is 47.6 Å². The van der Waals surface area contributed by atoms with Crippen molar-refractivity contribution in [1.82, 2.24) is 29.0 Å². The Kier molecular flexibility index (Phi) is 7.27. The summed E-state index contributed by atoms with van der Waals surface area (Å²) in [5.74, 6) is -1.03. The van der Waals surface area contributed by atoms with Crippen LogP contribution in [0.3, 0.4) is 0 Å². The van der Waals surface area contributed by atoms with Crippen molar-refractivity contribution in [1.29, 1.82) is 0 Å². The molecule has 12 nitrogen and oxygen atoms in total. The number of carbonyl (C=O) groups excluding carboxylic acids is 2. The largest absolute Gasteiger partial charge is 0.508 e. The molecule has 4 heterocycles. The lowest BCUT2D eigenvalue weighted by molar-refractivity contribution is -0.129. The summed E-state index contributed by atoms with van der Waals surface area (Å²) < 4.78 is 23.2. The van der Waals surface area contributed by atoms with E-state index in [0.717, 1.165) is 28.0 Å². The predicted octanol–water partition coefficient (Wildman–Crippen LogP) is 2.63. The molecule has 1 saturated heterocycles. The molecule has 0 unspecified atom stereocenters. The zero-order valence-electron chi connectivity index (χ0n) is 23.0. The smallest absolute Gasteiger partial charge is 0.332 e. The fraction of sp³-hybridized carbons (Fsp3) is 0.429. The first-order chi connectivity index (χ1) is 20.1. The fourth-order valence-corrected chi connectivity index (χ4v) is 7.01.